The van der Waals surface area contributed by atoms with Gasteiger partial charge in [-0.25, -0.2) is 15.0 Å². The second-order valence-electron chi connectivity index (χ2n) is 15.6. The Balaban J connectivity index is 1.06. The summed E-state index contributed by atoms with van der Waals surface area (Å²) >= 11 is 1.79. The largest absolute Gasteiger partial charge is 0.454 e. The van der Waals surface area contributed by atoms with Crippen molar-refractivity contribution >= 4 is 86.0 Å². The second-order valence-corrected chi connectivity index (χ2v) is 16.6. The van der Waals surface area contributed by atoms with E-state index in [1.807, 2.05) is 18.2 Å². The number of rotatable bonds is 5. The molecule has 0 bridgehead atoms. The van der Waals surface area contributed by atoms with Crippen LogP contribution in [0.5, 0.6) is 0 Å². The first-order valence-corrected chi connectivity index (χ1v) is 21.2. The first-order chi connectivity index (χ1) is 30.2. The summed E-state index contributed by atoms with van der Waals surface area (Å²) in [7, 11) is 0. The van der Waals surface area contributed by atoms with Crippen molar-refractivity contribution < 1.29 is 4.42 Å². The fourth-order valence-electron chi connectivity index (χ4n) is 9.15. The van der Waals surface area contributed by atoms with Crippen molar-refractivity contribution in [3.63, 3.8) is 0 Å². The van der Waals surface area contributed by atoms with Gasteiger partial charge in [-0.3, -0.25) is 0 Å². The molecule has 0 aliphatic heterocycles. The average molecular weight is 797 g/mol. The zero-order valence-electron chi connectivity index (χ0n) is 32.6. The van der Waals surface area contributed by atoms with Crippen molar-refractivity contribution in [1.29, 1.82) is 0 Å². The minimum Gasteiger partial charge on any atom is -0.454 e. The fraction of sp³-hybridized carbons (Fsp3) is 0. The van der Waals surface area contributed by atoms with Gasteiger partial charge in [0.25, 0.3) is 0 Å². The van der Waals surface area contributed by atoms with E-state index in [2.05, 4.69) is 180 Å². The zero-order valence-corrected chi connectivity index (χ0v) is 33.4. The van der Waals surface area contributed by atoms with E-state index in [1.165, 1.54) is 41.7 Å². The van der Waals surface area contributed by atoms with Gasteiger partial charge in [0.1, 0.15) is 5.58 Å². The molecule has 6 heteroatoms. The van der Waals surface area contributed by atoms with Crippen molar-refractivity contribution in [2.45, 2.75) is 0 Å². The molecule has 0 unspecified atom stereocenters. The van der Waals surface area contributed by atoms with Crippen LogP contribution in [0.2, 0.25) is 0 Å². The predicted molar refractivity (Wildman–Crippen MR) is 254 cm³/mol. The second kappa shape index (κ2) is 13.3. The molecule has 13 aromatic rings. The lowest BCUT2D eigenvalue weighted by molar-refractivity contribution is 0.666. The maximum absolute atomic E-state index is 6.93. The Bertz CT molecular complexity index is 3880. The van der Waals surface area contributed by atoms with E-state index in [0.29, 0.717) is 17.5 Å². The normalized spacial score (nSPS) is 11.9. The third-order valence-corrected chi connectivity index (χ3v) is 13.2. The SMILES string of the molecule is c1ccc(-c2ccc(-c3nc(-c4ccc5c(c4)sc4ccccc45)nc(-c4ccc(-n5c6ccccc6c6cc7ccccc7cc65)c5oc6ccccc6c45)n3)cc2)cc1. The number of nitrogens with zero attached hydrogens (tertiary/aromatic N) is 4. The molecule has 0 N–H and O–H groups in total. The van der Waals surface area contributed by atoms with Crippen LogP contribution in [-0.2, 0) is 0 Å². The number of para-hydroxylation sites is 2. The number of furan rings is 1. The summed E-state index contributed by atoms with van der Waals surface area (Å²) in [4.78, 5) is 15.8. The number of fused-ring (bicyclic) bond motifs is 10. The van der Waals surface area contributed by atoms with Crippen LogP contribution < -0.4 is 0 Å². The van der Waals surface area contributed by atoms with Crippen LogP contribution in [-0.4, -0.2) is 19.5 Å². The van der Waals surface area contributed by atoms with Crippen LogP contribution in [0.4, 0.5) is 0 Å². The van der Waals surface area contributed by atoms with Gasteiger partial charge in [0.05, 0.1) is 16.7 Å². The Morgan fingerprint density at radius 3 is 1.87 bits per heavy atom. The van der Waals surface area contributed by atoms with Gasteiger partial charge in [0.2, 0.25) is 0 Å². The van der Waals surface area contributed by atoms with Gasteiger partial charge in [0.15, 0.2) is 23.1 Å². The van der Waals surface area contributed by atoms with Crippen molar-refractivity contribution in [1.82, 2.24) is 19.5 Å². The molecule has 0 atom stereocenters. The fourth-order valence-corrected chi connectivity index (χ4v) is 10.3. The topological polar surface area (TPSA) is 56.7 Å². The van der Waals surface area contributed by atoms with Gasteiger partial charge in [-0.1, -0.05) is 146 Å². The lowest BCUT2D eigenvalue weighted by atomic mass is 10.0. The minimum absolute atomic E-state index is 0.583. The first-order valence-electron chi connectivity index (χ1n) is 20.4. The maximum atomic E-state index is 6.93. The molecule has 0 aliphatic rings. The summed E-state index contributed by atoms with van der Waals surface area (Å²) < 4.78 is 11.7. The van der Waals surface area contributed by atoms with Crippen LogP contribution in [0.3, 0.4) is 0 Å². The van der Waals surface area contributed by atoms with Gasteiger partial charge in [0, 0.05) is 58.4 Å². The summed E-state index contributed by atoms with van der Waals surface area (Å²) in [5, 5.41) is 9.24. The van der Waals surface area contributed by atoms with E-state index >= 15 is 0 Å². The van der Waals surface area contributed by atoms with E-state index in [1.54, 1.807) is 11.3 Å². The summed E-state index contributed by atoms with van der Waals surface area (Å²) in [5.74, 6) is 1.81. The van der Waals surface area contributed by atoms with E-state index in [-0.39, 0.29) is 0 Å². The standard InChI is InChI=1S/C55H32N4OS/c1-2-12-33(13-3-1)34-22-24-35(25-23-34)53-56-54(38-26-27-41-40-17-8-11-21-49(40)61-50(41)32-38)58-55(57-53)43-28-29-46(52-51(43)42-18-7-10-20-48(42)60-52)59-45-19-9-6-16-39(45)44-30-36-14-4-5-15-37(36)31-47(44)59/h1-32H. The third-order valence-electron chi connectivity index (χ3n) is 12.0. The van der Waals surface area contributed by atoms with Crippen LogP contribution in [0.25, 0.3) is 126 Å². The van der Waals surface area contributed by atoms with E-state index in [0.717, 1.165) is 66.5 Å². The number of benzene rings is 9. The van der Waals surface area contributed by atoms with Crippen LogP contribution in [0.15, 0.2) is 199 Å². The first kappa shape index (κ1) is 34.0. The number of thiophene rings is 1. The molecule has 0 aliphatic carbocycles. The van der Waals surface area contributed by atoms with Crippen LogP contribution in [0, 0.1) is 0 Å². The minimum atomic E-state index is 0.583. The molecule has 4 aromatic heterocycles. The molecule has 61 heavy (non-hydrogen) atoms. The van der Waals surface area contributed by atoms with Crippen molar-refractivity contribution in [3.05, 3.63) is 194 Å². The summed E-state index contributed by atoms with van der Waals surface area (Å²) in [5.41, 5.74) is 9.79. The van der Waals surface area contributed by atoms with Gasteiger partial charge in [-0.05, 0) is 70.4 Å². The van der Waals surface area contributed by atoms with Crippen LogP contribution in [0.1, 0.15) is 0 Å². The molecule has 0 amide bonds. The average Bonchev–Trinajstić information content (AvgIpc) is 4.00. The Labute approximate surface area is 353 Å². The molecule has 9 aromatic carbocycles. The van der Waals surface area contributed by atoms with Crippen molar-refractivity contribution in [3.8, 4) is 51.0 Å². The molecule has 0 spiro atoms. The zero-order chi connectivity index (χ0) is 40.0. The lowest BCUT2D eigenvalue weighted by Gasteiger charge is -2.13. The van der Waals surface area contributed by atoms with Crippen molar-refractivity contribution in [2.24, 2.45) is 0 Å². The highest BCUT2D eigenvalue weighted by molar-refractivity contribution is 7.25. The van der Waals surface area contributed by atoms with Crippen LogP contribution >= 0.6 is 11.3 Å². The molecule has 0 fully saturated rings. The molecule has 0 radical (unpaired) electrons. The lowest BCUT2D eigenvalue weighted by Crippen LogP contribution is -2.01. The van der Waals surface area contributed by atoms with Gasteiger partial charge < -0.3 is 8.98 Å². The molecular formula is C55H32N4OS. The van der Waals surface area contributed by atoms with E-state index < -0.39 is 0 Å². The van der Waals surface area contributed by atoms with E-state index in [9.17, 15) is 0 Å². The van der Waals surface area contributed by atoms with E-state index in [4.69, 9.17) is 19.4 Å². The smallest absolute Gasteiger partial charge is 0.164 e. The number of hydrogen-bond donors (Lipinski definition) is 0. The predicted octanol–water partition coefficient (Wildman–Crippen LogP) is 15.1. The highest BCUT2D eigenvalue weighted by atomic mass is 32.1. The Morgan fingerprint density at radius 1 is 0.393 bits per heavy atom. The summed E-state index contributed by atoms with van der Waals surface area (Å²) in [6.45, 7) is 0. The monoisotopic (exact) mass is 796 g/mol. The number of aromatic nitrogens is 4. The molecule has 284 valence electrons. The maximum Gasteiger partial charge on any atom is 0.164 e. The van der Waals surface area contributed by atoms with Gasteiger partial charge in [-0.2, -0.15) is 0 Å². The van der Waals surface area contributed by atoms with Gasteiger partial charge in [-0.15, -0.1) is 11.3 Å². The molecule has 5 nitrogen and oxygen atoms in total. The summed E-state index contributed by atoms with van der Waals surface area (Å²) in [6, 6.07) is 68.5. The molecule has 4 heterocycles. The Morgan fingerprint density at radius 2 is 1.02 bits per heavy atom. The van der Waals surface area contributed by atoms with Crippen molar-refractivity contribution in [2.75, 3.05) is 0 Å². The third kappa shape index (κ3) is 5.36. The molecule has 0 saturated carbocycles. The number of hydrogen-bond acceptors (Lipinski definition) is 5. The molecule has 0 saturated heterocycles. The Kier molecular flexibility index (Phi) is 7.41. The Hall–Kier alpha value is -7.93. The highest BCUT2D eigenvalue weighted by Crippen LogP contribution is 2.43. The highest BCUT2D eigenvalue weighted by Gasteiger charge is 2.23. The molecular weight excluding hydrogens is 765 g/mol. The summed E-state index contributed by atoms with van der Waals surface area (Å²) in [6.07, 6.45) is 0. The molecule has 13 rings (SSSR count). The van der Waals surface area contributed by atoms with Gasteiger partial charge >= 0.3 is 0 Å². The quantitative estimate of drug-likeness (QED) is 0.174.